The molecule has 1 N–H and O–H groups in total. The molecule has 0 saturated carbocycles. The molecule has 2 aliphatic heterocycles. The Labute approximate surface area is 139 Å². The second kappa shape index (κ2) is 5.44. The van der Waals surface area contributed by atoms with Crippen molar-refractivity contribution in [3.05, 3.63) is 58.9 Å². The number of hydrogen-bond donors (Lipinski definition) is 1. The molecule has 0 bridgehead atoms. The van der Waals surface area contributed by atoms with E-state index in [2.05, 4.69) is 5.32 Å². The molecule has 2 heterocycles. The molecule has 0 aromatic heterocycles. The highest BCUT2D eigenvalue weighted by Gasteiger charge is 2.37. The zero-order chi connectivity index (χ0) is 16.8. The van der Waals surface area contributed by atoms with Gasteiger partial charge in [-0.3, -0.25) is 9.59 Å². The smallest absolute Gasteiger partial charge is 0.255 e. The number of amides is 2. The van der Waals surface area contributed by atoms with Crippen molar-refractivity contribution in [3.8, 4) is 0 Å². The Balaban J connectivity index is 1.67. The van der Waals surface area contributed by atoms with E-state index < -0.39 is 0 Å². The number of hydrogen-bond acceptors (Lipinski definition) is 2. The number of nitrogens with one attached hydrogen (secondary N) is 1. The molecule has 2 aromatic carbocycles. The Morgan fingerprint density at radius 1 is 1.25 bits per heavy atom. The lowest BCUT2D eigenvalue weighted by molar-refractivity contribution is -0.119. The molecule has 4 rings (SSSR count). The van der Waals surface area contributed by atoms with Gasteiger partial charge in [-0.2, -0.15) is 0 Å². The predicted molar refractivity (Wildman–Crippen MR) is 89.9 cm³/mol. The minimum absolute atomic E-state index is 0.132. The summed E-state index contributed by atoms with van der Waals surface area (Å²) >= 11 is 0. The van der Waals surface area contributed by atoms with Crippen LogP contribution in [0.25, 0.3) is 0 Å². The van der Waals surface area contributed by atoms with Crippen molar-refractivity contribution in [2.75, 3.05) is 16.8 Å². The lowest BCUT2D eigenvalue weighted by atomic mass is 9.96. The SMILES string of the molecule is C[C@H]1C(=O)N2CCCc3cc(NC(=O)c4ccc(F)cc4)cc1c32. The first-order chi connectivity index (χ1) is 11.5. The molecule has 5 heteroatoms. The number of carbonyl (C=O) groups is 2. The summed E-state index contributed by atoms with van der Waals surface area (Å²) in [5.41, 5.74) is 4.19. The van der Waals surface area contributed by atoms with Gasteiger partial charge >= 0.3 is 0 Å². The third-order valence-corrected chi connectivity index (χ3v) is 4.78. The summed E-state index contributed by atoms with van der Waals surface area (Å²) in [6.45, 7) is 2.67. The van der Waals surface area contributed by atoms with Crippen molar-refractivity contribution in [2.24, 2.45) is 0 Å². The van der Waals surface area contributed by atoms with Crippen LogP contribution in [0.2, 0.25) is 0 Å². The van der Waals surface area contributed by atoms with Crippen molar-refractivity contribution in [3.63, 3.8) is 0 Å². The number of anilines is 2. The van der Waals surface area contributed by atoms with E-state index in [1.54, 1.807) is 0 Å². The van der Waals surface area contributed by atoms with Gasteiger partial charge in [0, 0.05) is 17.8 Å². The Bertz CT molecular complexity index is 845. The van der Waals surface area contributed by atoms with Crippen LogP contribution in [0.3, 0.4) is 0 Å². The van der Waals surface area contributed by atoms with Crippen LogP contribution in [0.15, 0.2) is 36.4 Å². The normalized spacial score (nSPS) is 18.5. The molecule has 2 aliphatic rings. The van der Waals surface area contributed by atoms with Crippen molar-refractivity contribution in [2.45, 2.75) is 25.7 Å². The largest absolute Gasteiger partial charge is 0.322 e. The number of carbonyl (C=O) groups excluding carboxylic acids is 2. The van der Waals surface area contributed by atoms with Gasteiger partial charge in [0.2, 0.25) is 5.91 Å². The van der Waals surface area contributed by atoms with Crippen LogP contribution in [-0.4, -0.2) is 18.4 Å². The van der Waals surface area contributed by atoms with Gasteiger partial charge in [0.15, 0.2) is 0 Å². The summed E-state index contributed by atoms with van der Waals surface area (Å²) in [4.78, 5) is 26.6. The molecule has 122 valence electrons. The minimum atomic E-state index is -0.374. The maximum Gasteiger partial charge on any atom is 0.255 e. The standard InChI is InChI=1S/C19H17FN2O2/c1-11-16-10-15(21-18(23)12-4-6-14(20)7-5-12)9-13-3-2-8-22(17(13)16)19(11)24/h4-7,9-11H,2-3,8H2,1H3,(H,21,23)/t11-/m1/s1. The molecule has 24 heavy (non-hydrogen) atoms. The Kier molecular flexibility index (Phi) is 3.37. The van der Waals surface area contributed by atoms with E-state index in [-0.39, 0.29) is 23.5 Å². The third kappa shape index (κ3) is 2.28. The van der Waals surface area contributed by atoms with Crippen molar-refractivity contribution < 1.29 is 14.0 Å². The molecule has 0 saturated heterocycles. The molecule has 4 nitrogen and oxygen atoms in total. The first-order valence-electron chi connectivity index (χ1n) is 8.09. The van der Waals surface area contributed by atoms with Crippen molar-refractivity contribution in [1.82, 2.24) is 0 Å². The Morgan fingerprint density at radius 3 is 2.75 bits per heavy atom. The summed E-state index contributed by atoms with van der Waals surface area (Å²) in [7, 11) is 0. The number of benzene rings is 2. The summed E-state index contributed by atoms with van der Waals surface area (Å²) in [5, 5.41) is 2.87. The quantitative estimate of drug-likeness (QED) is 0.919. The van der Waals surface area contributed by atoms with Gasteiger partial charge in [-0.05, 0) is 67.3 Å². The van der Waals surface area contributed by atoms with Gasteiger partial charge in [0.05, 0.1) is 11.6 Å². The lowest BCUT2D eigenvalue weighted by Crippen LogP contribution is -2.32. The molecule has 0 radical (unpaired) electrons. The zero-order valence-corrected chi connectivity index (χ0v) is 13.3. The fourth-order valence-electron chi connectivity index (χ4n) is 3.57. The Morgan fingerprint density at radius 2 is 2.00 bits per heavy atom. The third-order valence-electron chi connectivity index (χ3n) is 4.78. The van der Waals surface area contributed by atoms with Gasteiger partial charge in [0.1, 0.15) is 5.82 Å². The van der Waals surface area contributed by atoms with Crippen LogP contribution >= 0.6 is 0 Å². The maximum atomic E-state index is 13.0. The number of aryl methyl sites for hydroxylation is 1. The molecular formula is C19H17FN2O2. The van der Waals surface area contributed by atoms with E-state index in [0.717, 1.165) is 36.2 Å². The molecule has 0 unspecified atom stereocenters. The van der Waals surface area contributed by atoms with E-state index in [9.17, 15) is 14.0 Å². The van der Waals surface area contributed by atoms with Crippen LogP contribution in [0, 0.1) is 5.82 Å². The van der Waals surface area contributed by atoms with Crippen LogP contribution < -0.4 is 10.2 Å². The van der Waals surface area contributed by atoms with E-state index in [4.69, 9.17) is 0 Å². The molecule has 0 aliphatic carbocycles. The molecule has 2 amide bonds. The summed E-state index contributed by atoms with van der Waals surface area (Å²) in [5.74, 6) is -0.708. The van der Waals surface area contributed by atoms with E-state index in [1.807, 2.05) is 24.0 Å². The highest BCUT2D eigenvalue weighted by Crippen LogP contribution is 2.44. The van der Waals surface area contributed by atoms with Crippen molar-refractivity contribution >= 4 is 23.2 Å². The van der Waals surface area contributed by atoms with Crippen LogP contribution in [0.5, 0.6) is 0 Å². The van der Waals surface area contributed by atoms with Gasteiger partial charge in [-0.1, -0.05) is 0 Å². The van der Waals surface area contributed by atoms with Crippen LogP contribution in [-0.2, 0) is 11.2 Å². The van der Waals surface area contributed by atoms with Gasteiger partial charge in [0.25, 0.3) is 5.91 Å². The second-order valence-electron chi connectivity index (χ2n) is 6.35. The number of halogens is 1. The molecule has 1 atom stereocenters. The lowest BCUT2D eigenvalue weighted by Gasteiger charge is -2.26. The number of rotatable bonds is 2. The Hall–Kier alpha value is -2.69. The topological polar surface area (TPSA) is 49.4 Å². The molecular weight excluding hydrogens is 307 g/mol. The minimum Gasteiger partial charge on any atom is -0.322 e. The fraction of sp³-hybridized carbons (Fsp3) is 0.263. The molecule has 2 aromatic rings. The predicted octanol–water partition coefficient (Wildman–Crippen LogP) is 3.47. The summed E-state index contributed by atoms with van der Waals surface area (Å²) < 4.78 is 13.0. The van der Waals surface area contributed by atoms with E-state index >= 15 is 0 Å². The second-order valence-corrected chi connectivity index (χ2v) is 6.35. The first kappa shape index (κ1) is 14.9. The summed E-state index contributed by atoms with van der Waals surface area (Å²) in [6.07, 6.45) is 1.83. The van der Waals surface area contributed by atoms with Crippen molar-refractivity contribution in [1.29, 1.82) is 0 Å². The van der Waals surface area contributed by atoms with Gasteiger partial charge in [-0.25, -0.2) is 4.39 Å². The number of nitrogens with zero attached hydrogens (tertiary/aromatic N) is 1. The average molecular weight is 324 g/mol. The van der Waals surface area contributed by atoms with Crippen LogP contribution in [0.4, 0.5) is 15.8 Å². The maximum absolute atomic E-state index is 13.0. The highest BCUT2D eigenvalue weighted by atomic mass is 19.1. The fourth-order valence-corrected chi connectivity index (χ4v) is 3.57. The van der Waals surface area contributed by atoms with Gasteiger partial charge < -0.3 is 10.2 Å². The van der Waals surface area contributed by atoms with E-state index in [1.165, 1.54) is 24.3 Å². The summed E-state index contributed by atoms with van der Waals surface area (Å²) in [6, 6.07) is 9.26. The monoisotopic (exact) mass is 324 g/mol. The van der Waals surface area contributed by atoms with Gasteiger partial charge in [-0.15, -0.1) is 0 Å². The molecule has 0 spiro atoms. The van der Waals surface area contributed by atoms with Crippen LogP contribution in [0.1, 0.15) is 40.7 Å². The zero-order valence-electron chi connectivity index (χ0n) is 13.3. The van der Waals surface area contributed by atoms with E-state index in [0.29, 0.717) is 11.3 Å². The highest BCUT2D eigenvalue weighted by molar-refractivity contribution is 6.08. The first-order valence-corrected chi connectivity index (χ1v) is 8.09. The molecule has 0 fully saturated rings. The average Bonchev–Trinajstić information content (AvgIpc) is 2.82.